The first kappa shape index (κ1) is 16.8. The number of carboxylic acid groups (broad SMARTS) is 1. The number of nitrogens with zero attached hydrogens (tertiary/aromatic N) is 1. The minimum Gasteiger partial charge on any atom is -0.480 e. The van der Waals surface area contributed by atoms with Gasteiger partial charge in [-0.25, -0.2) is 9.59 Å². The fourth-order valence-electron chi connectivity index (χ4n) is 2.24. The lowest BCUT2D eigenvalue weighted by Crippen LogP contribution is -2.56. The number of carbonyl (C=O) groups excluding carboxylic acids is 1. The number of aliphatic carboxylic acids is 1. The molecule has 2 amide bonds. The predicted octanol–water partition coefficient (Wildman–Crippen LogP) is 1.43. The van der Waals surface area contributed by atoms with E-state index in [1.54, 1.807) is 25.7 Å². The van der Waals surface area contributed by atoms with Crippen LogP contribution in [0.25, 0.3) is 0 Å². The SMILES string of the molecule is CC(C)(C)C(NC(=O)N(CCCO)C1CCC1)C(=O)O. The van der Waals surface area contributed by atoms with Gasteiger partial charge in [-0.1, -0.05) is 20.8 Å². The summed E-state index contributed by atoms with van der Waals surface area (Å²) in [6.45, 7) is 5.84. The number of carboxylic acids is 1. The van der Waals surface area contributed by atoms with Gasteiger partial charge in [0.25, 0.3) is 0 Å². The fourth-order valence-corrected chi connectivity index (χ4v) is 2.24. The van der Waals surface area contributed by atoms with Crippen molar-refractivity contribution in [3.63, 3.8) is 0 Å². The van der Waals surface area contributed by atoms with Gasteiger partial charge in [-0.3, -0.25) is 0 Å². The summed E-state index contributed by atoms with van der Waals surface area (Å²) in [4.78, 5) is 25.3. The van der Waals surface area contributed by atoms with Gasteiger partial charge in [0.15, 0.2) is 0 Å². The zero-order valence-electron chi connectivity index (χ0n) is 12.6. The lowest BCUT2D eigenvalue weighted by Gasteiger charge is -2.39. The third kappa shape index (κ3) is 4.37. The van der Waals surface area contributed by atoms with Crippen molar-refractivity contribution in [3.8, 4) is 0 Å². The molecule has 1 rings (SSSR count). The normalized spacial score (nSPS) is 17.2. The number of urea groups is 1. The molecule has 1 aliphatic carbocycles. The highest BCUT2D eigenvalue weighted by molar-refractivity contribution is 5.83. The molecule has 0 radical (unpaired) electrons. The monoisotopic (exact) mass is 286 g/mol. The first-order chi connectivity index (χ1) is 9.27. The van der Waals surface area contributed by atoms with Gasteiger partial charge in [-0.2, -0.15) is 0 Å². The summed E-state index contributed by atoms with van der Waals surface area (Å²) in [5.41, 5.74) is -0.552. The molecule has 0 aromatic heterocycles. The van der Waals surface area contributed by atoms with Crippen molar-refractivity contribution in [2.45, 2.75) is 58.5 Å². The van der Waals surface area contributed by atoms with Crippen LogP contribution in [0.15, 0.2) is 0 Å². The Morgan fingerprint density at radius 3 is 2.30 bits per heavy atom. The van der Waals surface area contributed by atoms with Crippen LogP contribution in [0.3, 0.4) is 0 Å². The molecule has 1 saturated carbocycles. The van der Waals surface area contributed by atoms with E-state index in [-0.39, 0.29) is 18.7 Å². The van der Waals surface area contributed by atoms with Crippen molar-refractivity contribution in [1.29, 1.82) is 0 Å². The van der Waals surface area contributed by atoms with Gasteiger partial charge in [-0.05, 0) is 31.1 Å². The van der Waals surface area contributed by atoms with Crippen LogP contribution in [-0.4, -0.2) is 52.3 Å². The number of hydrogen-bond acceptors (Lipinski definition) is 3. The summed E-state index contributed by atoms with van der Waals surface area (Å²) in [6.07, 6.45) is 3.50. The Labute approximate surface area is 120 Å². The van der Waals surface area contributed by atoms with E-state index in [0.29, 0.717) is 13.0 Å². The predicted molar refractivity (Wildman–Crippen MR) is 75.5 cm³/mol. The van der Waals surface area contributed by atoms with E-state index < -0.39 is 17.4 Å². The topological polar surface area (TPSA) is 89.9 Å². The minimum atomic E-state index is -1.03. The van der Waals surface area contributed by atoms with Crippen molar-refractivity contribution in [3.05, 3.63) is 0 Å². The summed E-state index contributed by atoms with van der Waals surface area (Å²) in [5, 5.41) is 20.8. The number of nitrogens with one attached hydrogen (secondary N) is 1. The minimum absolute atomic E-state index is 0.0259. The van der Waals surface area contributed by atoms with E-state index >= 15 is 0 Å². The number of amides is 2. The lowest BCUT2D eigenvalue weighted by atomic mass is 9.86. The van der Waals surface area contributed by atoms with Crippen molar-refractivity contribution in [2.75, 3.05) is 13.2 Å². The van der Waals surface area contributed by atoms with E-state index in [4.69, 9.17) is 5.11 Å². The Hall–Kier alpha value is -1.30. The van der Waals surface area contributed by atoms with Gasteiger partial charge < -0.3 is 20.4 Å². The highest BCUT2D eigenvalue weighted by Gasteiger charge is 2.36. The molecule has 0 aliphatic heterocycles. The van der Waals surface area contributed by atoms with Gasteiger partial charge in [0.1, 0.15) is 6.04 Å². The van der Waals surface area contributed by atoms with Crippen LogP contribution in [-0.2, 0) is 4.79 Å². The molecule has 0 aromatic rings. The standard InChI is InChI=1S/C14H26N2O4/c1-14(2,3)11(12(18)19)15-13(20)16(8-5-9-17)10-6-4-7-10/h10-11,17H,4-9H2,1-3H3,(H,15,20)(H,18,19). The molecule has 0 bridgehead atoms. The Bertz CT molecular complexity index is 348. The number of aliphatic hydroxyl groups is 1. The number of rotatable bonds is 6. The summed E-state index contributed by atoms with van der Waals surface area (Å²) in [5.74, 6) is -1.03. The molecule has 20 heavy (non-hydrogen) atoms. The third-order valence-electron chi connectivity index (χ3n) is 3.71. The Balaban J connectivity index is 2.70. The second-order valence-corrected chi connectivity index (χ2v) is 6.44. The van der Waals surface area contributed by atoms with Crippen molar-refractivity contribution < 1.29 is 19.8 Å². The molecule has 6 nitrogen and oxygen atoms in total. The van der Waals surface area contributed by atoms with Gasteiger partial charge in [0, 0.05) is 19.2 Å². The molecule has 0 spiro atoms. The highest BCUT2D eigenvalue weighted by atomic mass is 16.4. The van der Waals surface area contributed by atoms with Gasteiger partial charge in [0.2, 0.25) is 0 Å². The number of hydrogen-bond donors (Lipinski definition) is 3. The van der Waals surface area contributed by atoms with Crippen LogP contribution in [0, 0.1) is 5.41 Å². The third-order valence-corrected chi connectivity index (χ3v) is 3.71. The average Bonchev–Trinajstić information content (AvgIpc) is 2.26. The Kier molecular flexibility index (Phi) is 5.80. The first-order valence-electron chi connectivity index (χ1n) is 7.18. The molecule has 1 aliphatic rings. The maximum absolute atomic E-state index is 12.3. The van der Waals surface area contributed by atoms with E-state index in [9.17, 15) is 14.7 Å². The van der Waals surface area contributed by atoms with Crippen molar-refractivity contribution >= 4 is 12.0 Å². The molecule has 6 heteroatoms. The summed E-state index contributed by atoms with van der Waals surface area (Å²) in [7, 11) is 0. The maximum Gasteiger partial charge on any atom is 0.326 e. The van der Waals surface area contributed by atoms with E-state index in [1.165, 1.54) is 0 Å². The smallest absolute Gasteiger partial charge is 0.326 e. The zero-order chi connectivity index (χ0) is 15.3. The largest absolute Gasteiger partial charge is 0.480 e. The second kappa shape index (κ2) is 6.92. The quantitative estimate of drug-likeness (QED) is 0.689. The van der Waals surface area contributed by atoms with Crippen molar-refractivity contribution in [2.24, 2.45) is 5.41 Å². The Morgan fingerprint density at radius 2 is 1.95 bits per heavy atom. The van der Waals surface area contributed by atoms with Crippen LogP contribution in [0.5, 0.6) is 0 Å². The average molecular weight is 286 g/mol. The maximum atomic E-state index is 12.3. The number of aliphatic hydroxyl groups excluding tert-OH is 1. The van der Waals surface area contributed by atoms with Crippen LogP contribution in [0.1, 0.15) is 46.5 Å². The van der Waals surface area contributed by atoms with Gasteiger partial charge in [-0.15, -0.1) is 0 Å². The van der Waals surface area contributed by atoms with Gasteiger partial charge >= 0.3 is 12.0 Å². The first-order valence-corrected chi connectivity index (χ1v) is 7.18. The van der Waals surface area contributed by atoms with E-state index in [2.05, 4.69) is 5.32 Å². The van der Waals surface area contributed by atoms with Gasteiger partial charge in [0.05, 0.1) is 0 Å². The molecule has 1 fully saturated rings. The van der Waals surface area contributed by atoms with E-state index in [1.807, 2.05) is 0 Å². The molecule has 116 valence electrons. The fraction of sp³-hybridized carbons (Fsp3) is 0.857. The molecule has 0 heterocycles. The van der Waals surface area contributed by atoms with Crippen LogP contribution in [0.2, 0.25) is 0 Å². The number of carbonyl (C=O) groups is 2. The van der Waals surface area contributed by atoms with Crippen LogP contribution >= 0.6 is 0 Å². The second-order valence-electron chi connectivity index (χ2n) is 6.44. The highest BCUT2D eigenvalue weighted by Crippen LogP contribution is 2.26. The molecular weight excluding hydrogens is 260 g/mol. The zero-order valence-corrected chi connectivity index (χ0v) is 12.6. The van der Waals surface area contributed by atoms with E-state index in [0.717, 1.165) is 19.3 Å². The van der Waals surface area contributed by atoms with Crippen LogP contribution in [0.4, 0.5) is 4.79 Å². The Morgan fingerprint density at radius 1 is 1.35 bits per heavy atom. The lowest BCUT2D eigenvalue weighted by molar-refractivity contribution is -0.142. The summed E-state index contributed by atoms with van der Waals surface area (Å²) < 4.78 is 0. The van der Waals surface area contributed by atoms with Crippen molar-refractivity contribution in [1.82, 2.24) is 10.2 Å². The molecule has 1 unspecified atom stereocenters. The molecule has 3 N–H and O–H groups in total. The molecular formula is C14H26N2O4. The molecule has 0 saturated heterocycles. The summed E-state index contributed by atoms with van der Waals surface area (Å²) >= 11 is 0. The molecule has 1 atom stereocenters. The molecule has 0 aromatic carbocycles. The summed E-state index contributed by atoms with van der Waals surface area (Å²) in [6, 6.07) is -1.09. The van der Waals surface area contributed by atoms with Crippen LogP contribution < -0.4 is 5.32 Å².